The number of hydrogen-bond acceptors (Lipinski definition) is 4. The van der Waals surface area contributed by atoms with Crippen molar-refractivity contribution in [2.75, 3.05) is 13.2 Å². The van der Waals surface area contributed by atoms with Crippen molar-refractivity contribution in [3.05, 3.63) is 69.2 Å². The van der Waals surface area contributed by atoms with Gasteiger partial charge in [0.15, 0.2) is 0 Å². The monoisotopic (exact) mass is 513 g/mol. The summed E-state index contributed by atoms with van der Waals surface area (Å²) >= 11 is 12.4. The van der Waals surface area contributed by atoms with E-state index in [4.69, 9.17) is 33.0 Å². The Kier molecular flexibility index (Phi) is 10.1. The van der Waals surface area contributed by atoms with E-state index in [9.17, 15) is 9.90 Å². The minimum Gasteiger partial charge on any atom is -0.489 e. The van der Waals surface area contributed by atoms with Gasteiger partial charge in [-0.3, -0.25) is 0 Å². The Labute approximate surface area is 211 Å². The molecule has 0 amide bonds. The lowest BCUT2D eigenvalue weighted by Gasteiger charge is -2.30. The molecule has 0 aliphatic heterocycles. The Morgan fingerprint density at radius 3 is 2.42 bits per heavy atom. The smallest absolute Gasteiger partial charge is 0.328 e. The van der Waals surface area contributed by atoms with Crippen LogP contribution in [0, 0.1) is 5.92 Å². The maximum atomic E-state index is 10.7. The molecule has 0 radical (unpaired) electrons. The predicted octanol–water partition coefficient (Wildman–Crippen LogP) is 5.43. The number of rotatable bonds is 10. The molecule has 180 valence electrons. The summed E-state index contributed by atoms with van der Waals surface area (Å²) in [5, 5.41) is 23.0. The van der Waals surface area contributed by atoms with Crippen LogP contribution in [0.3, 0.4) is 0 Å². The molecule has 0 heterocycles. The molecular weight excluding hydrogens is 485 g/mol. The normalized spacial score (nSPS) is 14.7. The first kappa shape index (κ1) is 27.5. The van der Waals surface area contributed by atoms with Gasteiger partial charge in [-0.15, -0.1) is 12.4 Å². The topological polar surface area (TPSA) is 78.8 Å². The van der Waals surface area contributed by atoms with E-state index in [1.807, 2.05) is 0 Å². The molecule has 1 atom stereocenters. The third-order valence-electron chi connectivity index (χ3n) is 5.66. The summed E-state index contributed by atoms with van der Waals surface area (Å²) < 4.78 is 5.65. The average Bonchev–Trinajstić information content (AvgIpc) is 3.14. The van der Waals surface area contributed by atoms with Crippen molar-refractivity contribution < 1.29 is 19.7 Å². The van der Waals surface area contributed by atoms with Crippen molar-refractivity contribution in [3.8, 4) is 5.75 Å². The Bertz CT molecular complexity index is 969. The van der Waals surface area contributed by atoms with E-state index in [2.05, 4.69) is 43.4 Å². The van der Waals surface area contributed by atoms with Gasteiger partial charge >= 0.3 is 5.97 Å². The van der Waals surface area contributed by atoms with E-state index in [0.717, 1.165) is 25.3 Å². The van der Waals surface area contributed by atoms with Crippen molar-refractivity contribution in [3.63, 3.8) is 0 Å². The minimum atomic E-state index is -1.08. The number of halogens is 3. The van der Waals surface area contributed by atoms with E-state index in [1.165, 1.54) is 17.2 Å². The highest BCUT2D eigenvalue weighted by atomic mass is 35.5. The summed E-state index contributed by atoms with van der Waals surface area (Å²) in [6.45, 7) is 4.75. The number of aliphatic hydroxyl groups excluding tert-OH is 1. The van der Waals surface area contributed by atoms with Gasteiger partial charge in [0.25, 0.3) is 0 Å². The van der Waals surface area contributed by atoms with Crippen LogP contribution in [0.5, 0.6) is 5.75 Å². The number of hydrogen-bond donors (Lipinski definition) is 3. The molecule has 8 heteroatoms. The van der Waals surface area contributed by atoms with E-state index in [0.29, 0.717) is 23.8 Å². The average molecular weight is 515 g/mol. The zero-order chi connectivity index (χ0) is 23.3. The van der Waals surface area contributed by atoms with Crippen LogP contribution < -0.4 is 10.1 Å². The van der Waals surface area contributed by atoms with Gasteiger partial charge in [0, 0.05) is 18.2 Å². The fourth-order valence-electron chi connectivity index (χ4n) is 4.18. The van der Waals surface area contributed by atoms with Crippen molar-refractivity contribution in [1.29, 1.82) is 0 Å². The minimum absolute atomic E-state index is 0. The summed E-state index contributed by atoms with van der Waals surface area (Å²) in [5.41, 5.74) is 3.25. The first-order valence-electron chi connectivity index (χ1n) is 10.7. The van der Waals surface area contributed by atoms with Crippen LogP contribution in [0.2, 0.25) is 10.0 Å². The Morgan fingerprint density at radius 1 is 1.18 bits per heavy atom. The molecule has 0 aromatic heterocycles. The van der Waals surface area contributed by atoms with Gasteiger partial charge in [-0.05, 0) is 73.9 Å². The number of β-amino-alcohol motifs (C(OH)–C–C–N with tert-alkyl or cyclic N) is 1. The first-order chi connectivity index (χ1) is 15.1. The number of aliphatic carboxylic acids is 1. The molecule has 2 aromatic carbocycles. The summed E-state index contributed by atoms with van der Waals surface area (Å²) in [5.74, 6) is -0.141. The standard InChI is InChI=1S/C25H29Cl2NO4.ClH/c1-25(2,13-16-11-18-5-3-4-6-19(18)12-16)28-14-20(29)15-32-21-9-7-17(8-10-22(30)31)23(26)24(21)27;/h3-10,16,20,28-29H,11-15H2,1-2H3,(H,30,31);1H. The van der Waals surface area contributed by atoms with Crippen molar-refractivity contribution in [1.82, 2.24) is 5.32 Å². The SMILES string of the molecule is CC(C)(CC1Cc2ccccc2C1)NCC(O)COc1ccc(C=CC(=O)O)c(Cl)c1Cl.Cl. The van der Waals surface area contributed by atoms with E-state index in [1.54, 1.807) is 12.1 Å². The Morgan fingerprint density at radius 2 is 1.82 bits per heavy atom. The zero-order valence-corrected chi connectivity index (χ0v) is 21.0. The molecular formula is C25H30Cl3NO4. The number of nitrogens with one attached hydrogen (secondary N) is 1. The Hall–Kier alpha value is -1.76. The lowest BCUT2D eigenvalue weighted by molar-refractivity contribution is -0.131. The number of carboxylic acid groups (broad SMARTS) is 1. The Balaban J connectivity index is 0.00000385. The second-order valence-electron chi connectivity index (χ2n) is 8.93. The van der Waals surface area contributed by atoms with E-state index < -0.39 is 12.1 Å². The zero-order valence-electron chi connectivity index (χ0n) is 18.7. The van der Waals surface area contributed by atoms with Crippen LogP contribution in [-0.2, 0) is 17.6 Å². The second kappa shape index (κ2) is 12.1. The summed E-state index contributed by atoms with van der Waals surface area (Å²) in [7, 11) is 0. The molecule has 5 nitrogen and oxygen atoms in total. The lowest BCUT2D eigenvalue weighted by Crippen LogP contribution is -2.46. The van der Waals surface area contributed by atoms with Gasteiger partial charge < -0.3 is 20.3 Å². The molecule has 0 spiro atoms. The molecule has 0 bridgehead atoms. The molecule has 3 rings (SSSR count). The third-order valence-corrected chi connectivity index (χ3v) is 6.54. The van der Waals surface area contributed by atoms with Crippen LogP contribution in [0.25, 0.3) is 6.08 Å². The van der Waals surface area contributed by atoms with Gasteiger partial charge in [-0.2, -0.15) is 0 Å². The van der Waals surface area contributed by atoms with Crippen LogP contribution in [-0.4, -0.2) is 41.0 Å². The van der Waals surface area contributed by atoms with Crippen LogP contribution >= 0.6 is 35.6 Å². The first-order valence-corrected chi connectivity index (χ1v) is 11.4. The van der Waals surface area contributed by atoms with E-state index >= 15 is 0 Å². The second-order valence-corrected chi connectivity index (χ2v) is 9.69. The van der Waals surface area contributed by atoms with Gasteiger partial charge in [-0.25, -0.2) is 4.79 Å². The molecule has 33 heavy (non-hydrogen) atoms. The predicted molar refractivity (Wildman–Crippen MR) is 136 cm³/mol. The van der Waals surface area contributed by atoms with Gasteiger partial charge in [0.05, 0.1) is 5.02 Å². The van der Waals surface area contributed by atoms with Crippen molar-refractivity contribution in [2.45, 2.75) is 44.8 Å². The number of benzene rings is 2. The van der Waals surface area contributed by atoms with Crippen LogP contribution in [0.1, 0.15) is 37.0 Å². The molecule has 0 saturated heterocycles. The number of fused-ring (bicyclic) bond motifs is 1. The fraction of sp³-hybridized carbons (Fsp3) is 0.400. The van der Waals surface area contributed by atoms with Gasteiger partial charge in [-0.1, -0.05) is 47.5 Å². The number of aliphatic hydroxyl groups is 1. The molecule has 1 unspecified atom stereocenters. The summed E-state index contributed by atoms with van der Waals surface area (Å²) in [6.07, 6.45) is 4.84. The fourth-order valence-corrected chi connectivity index (χ4v) is 4.62. The van der Waals surface area contributed by atoms with Crippen LogP contribution in [0.15, 0.2) is 42.5 Å². The highest BCUT2D eigenvalue weighted by Crippen LogP contribution is 2.35. The largest absolute Gasteiger partial charge is 0.489 e. The number of ether oxygens (including phenoxy) is 1. The van der Waals surface area contributed by atoms with Crippen molar-refractivity contribution in [2.24, 2.45) is 5.92 Å². The maximum Gasteiger partial charge on any atom is 0.328 e. The maximum absolute atomic E-state index is 10.7. The summed E-state index contributed by atoms with van der Waals surface area (Å²) in [4.78, 5) is 10.7. The molecule has 1 aliphatic rings. The molecule has 0 saturated carbocycles. The third kappa shape index (κ3) is 7.90. The number of carbonyl (C=O) groups is 1. The van der Waals surface area contributed by atoms with Gasteiger partial charge in [0.1, 0.15) is 23.5 Å². The van der Waals surface area contributed by atoms with Gasteiger partial charge in [0.2, 0.25) is 0 Å². The molecule has 0 fully saturated rings. The van der Waals surface area contributed by atoms with Crippen molar-refractivity contribution >= 4 is 47.7 Å². The highest BCUT2D eigenvalue weighted by molar-refractivity contribution is 6.43. The van der Waals surface area contributed by atoms with E-state index in [-0.39, 0.29) is 34.6 Å². The molecule has 3 N–H and O–H groups in total. The highest BCUT2D eigenvalue weighted by Gasteiger charge is 2.28. The quantitative estimate of drug-likeness (QED) is 0.369. The molecule has 2 aromatic rings. The number of carboxylic acids is 1. The van der Waals surface area contributed by atoms with Crippen LogP contribution in [0.4, 0.5) is 0 Å². The lowest BCUT2D eigenvalue weighted by atomic mass is 9.88. The summed E-state index contributed by atoms with van der Waals surface area (Å²) in [6, 6.07) is 11.8. The molecule has 1 aliphatic carbocycles.